The molecule has 5 heteroatoms. The quantitative estimate of drug-likeness (QED) is 0.650. The minimum atomic E-state index is -0.263. The number of fused-ring (bicyclic) bond motifs is 1. The van der Waals surface area contributed by atoms with Gasteiger partial charge in [-0.1, -0.05) is 0 Å². The fourth-order valence-electron chi connectivity index (χ4n) is 1.72. The summed E-state index contributed by atoms with van der Waals surface area (Å²) in [5, 5.41) is 3.99. The zero-order chi connectivity index (χ0) is 11.1. The maximum absolute atomic E-state index is 13.1. The van der Waals surface area contributed by atoms with Gasteiger partial charge in [-0.2, -0.15) is 11.3 Å². The van der Waals surface area contributed by atoms with Crippen molar-refractivity contribution in [3.8, 4) is 5.69 Å². The number of hydrogen-bond donors (Lipinski definition) is 1. The van der Waals surface area contributed by atoms with Gasteiger partial charge in [-0.25, -0.2) is 4.39 Å². The number of thiophene rings is 1. The second-order valence-electron chi connectivity index (χ2n) is 3.41. The molecular weight excluding hydrogens is 243 g/mol. The standard InChI is InChI=1S/C11H7FN2S2/c12-7-1-2-10-9(5-7)13-11(15)14(10)8-3-4-16-6-8/h1-6H,(H,13,15). The van der Waals surface area contributed by atoms with Gasteiger partial charge in [0, 0.05) is 5.38 Å². The minimum Gasteiger partial charge on any atom is -0.330 e. The van der Waals surface area contributed by atoms with E-state index in [1.807, 2.05) is 21.4 Å². The molecule has 0 aliphatic rings. The number of aromatic amines is 1. The number of imidazole rings is 1. The molecule has 1 aromatic carbocycles. The first-order chi connectivity index (χ1) is 7.75. The molecule has 3 rings (SSSR count). The Balaban J connectivity index is 2.41. The van der Waals surface area contributed by atoms with Crippen LogP contribution in [0.2, 0.25) is 0 Å². The van der Waals surface area contributed by atoms with Gasteiger partial charge in [0.25, 0.3) is 0 Å². The van der Waals surface area contributed by atoms with E-state index < -0.39 is 0 Å². The first kappa shape index (κ1) is 9.74. The van der Waals surface area contributed by atoms with Crippen molar-refractivity contribution in [1.82, 2.24) is 9.55 Å². The van der Waals surface area contributed by atoms with Crippen LogP contribution in [0.25, 0.3) is 16.7 Å². The van der Waals surface area contributed by atoms with Crippen molar-refractivity contribution >= 4 is 34.6 Å². The molecule has 0 fully saturated rings. The molecule has 2 heterocycles. The number of aromatic nitrogens is 2. The molecule has 16 heavy (non-hydrogen) atoms. The van der Waals surface area contributed by atoms with Gasteiger partial charge in [-0.05, 0) is 41.9 Å². The molecule has 2 nitrogen and oxygen atoms in total. The molecule has 0 atom stereocenters. The van der Waals surface area contributed by atoms with Gasteiger partial charge in [0.15, 0.2) is 4.77 Å². The Morgan fingerprint density at radius 1 is 1.31 bits per heavy atom. The summed E-state index contributed by atoms with van der Waals surface area (Å²) >= 11 is 6.84. The van der Waals surface area contributed by atoms with Crippen LogP contribution in [0.5, 0.6) is 0 Å². The van der Waals surface area contributed by atoms with Crippen LogP contribution in [0.1, 0.15) is 0 Å². The Morgan fingerprint density at radius 2 is 2.19 bits per heavy atom. The summed E-state index contributed by atoms with van der Waals surface area (Å²) in [6.45, 7) is 0. The molecule has 0 radical (unpaired) electrons. The normalized spacial score (nSPS) is 11.1. The summed E-state index contributed by atoms with van der Waals surface area (Å²) in [7, 11) is 0. The average molecular weight is 250 g/mol. The second-order valence-corrected chi connectivity index (χ2v) is 4.58. The zero-order valence-electron chi connectivity index (χ0n) is 8.11. The van der Waals surface area contributed by atoms with Crippen molar-refractivity contribution < 1.29 is 4.39 Å². The van der Waals surface area contributed by atoms with Gasteiger partial charge in [0.2, 0.25) is 0 Å². The van der Waals surface area contributed by atoms with Crippen molar-refractivity contribution in [3.63, 3.8) is 0 Å². The predicted octanol–water partition coefficient (Wildman–Crippen LogP) is 3.89. The van der Waals surface area contributed by atoms with E-state index in [1.54, 1.807) is 17.4 Å². The number of H-pyrrole nitrogens is 1. The molecule has 0 saturated heterocycles. The van der Waals surface area contributed by atoms with Crippen LogP contribution in [0.15, 0.2) is 35.0 Å². The summed E-state index contributed by atoms with van der Waals surface area (Å²) in [6.07, 6.45) is 0. The zero-order valence-corrected chi connectivity index (χ0v) is 9.74. The molecule has 0 amide bonds. The molecule has 1 N–H and O–H groups in total. The Kier molecular flexibility index (Phi) is 2.15. The number of nitrogens with one attached hydrogen (secondary N) is 1. The summed E-state index contributed by atoms with van der Waals surface area (Å²) in [5.74, 6) is -0.263. The highest BCUT2D eigenvalue weighted by molar-refractivity contribution is 7.71. The minimum absolute atomic E-state index is 0.263. The molecule has 3 aromatic rings. The van der Waals surface area contributed by atoms with E-state index >= 15 is 0 Å². The lowest BCUT2D eigenvalue weighted by atomic mass is 10.3. The fraction of sp³-hybridized carbons (Fsp3) is 0. The number of benzene rings is 1. The van der Waals surface area contributed by atoms with Gasteiger partial charge in [-0.3, -0.25) is 4.57 Å². The van der Waals surface area contributed by atoms with Crippen molar-refractivity contribution in [3.05, 3.63) is 45.6 Å². The summed E-state index contributed by atoms with van der Waals surface area (Å²) in [4.78, 5) is 3.00. The van der Waals surface area contributed by atoms with E-state index in [1.165, 1.54) is 12.1 Å². The van der Waals surface area contributed by atoms with E-state index in [4.69, 9.17) is 12.2 Å². The van der Waals surface area contributed by atoms with E-state index in [9.17, 15) is 4.39 Å². The van der Waals surface area contributed by atoms with Gasteiger partial charge < -0.3 is 4.98 Å². The molecular formula is C11H7FN2S2. The van der Waals surface area contributed by atoms with Gasteiger partial charge in [0.05, 0.1) is 16.7 Å². The third-order valence-corrected chi connectivity index (χ3v) is 3.36. The molecule has 0 saturated carbocycles. The van der Waals surface area contributed by atoms with E-state index in [-0.39, 0.29) is 5.82 Å². The average Bonchev–Trinajstić information content (AvgIpc) is 2.83. The Bertz CT molecular complexity index is 694. The lowest BCUT2D eigenvalue weighted by molar-refractivity contribution is 0.629. The summed E-state index contributed by atoms with van der Waals surface area (Å²) < 4.78 is 15.5. The Morgan fingerprint density at radius 3 is 2.94 bits per heavy atom. The summed E-state index contributed by atoms with van der Waals surface area (Å²) in [6, 6.07) is 6.60. The topological polar surface area (TPSA) is 20.7 Å². The summed E-state index contributed by atoms with van der Waals surface area (Å²) in [5.41, 5.74) is 2.62. The van der Waals surface area contributed by atoms with E-state index in [0.29, 0.717) is 4.77 Å². The highest BCUT2D eigenvalue weighted by Gasteiger charge is 2.07. The van der Waals surface area contributed by atoms with Crippen LogP contribution >= 0.6 is 23.6 Å². The van der Waals surface area contributed by atoms with E-state index in [0.717, 1.165) is 16.7 Å². The first-order valence-corrected chi connectivity index (χ1v) is 6.04. The smallest absolute Gasteiger partial charge is 0.182 e. The Hall–Kier alpha value is -1.46. The highest BCUT2D eigenvalue weighted by atomic mass is 32.1. The first-order valence-electron chi connectivity index (χ1n) is 4.68. The third-order valence-electron chi connectivity index (χ3n) is 2.41. The molecule has 0 spiro atoms. The van der Waals surface area contributed by atoms with Crippen LogP contribution in [0.4, 0.5) is 4.39 Å². The van der Waals surface area contributed by atoms with Crippen LogP contribution < -0.4 is 0 Å². The second kappa shape index (κ2) is 3.54. The molecule has 2 aromatic heterocycles. The molecule has 0 bridgehead atoms. The number of halogens is 1. The van der Waals surface area contributed by atoms with Crippen molar-refractivity contribution in [2.75, 3.05) is 0 Å². The predicted molar refractivity (Wildman–Crippen MR) is 66.3 cm³/mol. The van der Waals surface area contributed by atoms with Crippen molar-refractivity contribution in [2.24, 2.45) is 0 Å². The SMILES string of the molecule is Fc1ccc2c(c1)[nH]c(=S)n2-c1ccsc1. The molecule has 0 aliphatic carbocycles. The van der Waals surface area contributed by atoms with Crippen LogP contribution in [0, 0.1) is 10.6 Å². The monoisotopic (exact) mass is 250 g/mol. The molecule has 80 valence electrons. The largest absolute Gasteiger partial charge is 0.330 e. The van der Waals surface area contributed by atoms with E-state index in [2.05, 4.69) is 4.98 Å². The van der Waals surface area contributed by atoms with Crippen LogP contribution in [-0.4, -0.2) is 9.55 Å². The lowest BCUT2D eigenvalue weighted by Crippen LogP contribution is -1.90. The van der Waals surface area contributed by atoms with Gasteiger partial charge >= 0.3 is 0 Å². The number of rotatable bonds is 1. The van der Waals surface area contributed by atoms with Crippen LogP contribution in [-0.2, 0) is 0 Å². The Labute approximate surface area is 100.0 Å². The third kappa shape index (κ3) is 1.40. The van der Waals surface area contributed by atoms with Crippen molar-refractivity contribution in [1.29, 1.82) is 0 Å². The van der Waals surface area contributed by atoms with Crippen LogP contribution in [0.3, 0.4) is 0 Å². The fourth-order valence-corrected chi connectivity index (χ4v) is 2.66. The lowest BCUT2D eigenvalue weighted by Gasteiger charge is -1.99. The molecule has 0 aliphatic heterocycles. The maximum Gasteiger partial charge on any atom is 0.182 e. The number of hydrogen-bond acceptors (Lipinski definition) is 2. The molecule has 0 unspecified atom stereocenters. The number of nitrogens with zero attached hydrogens (tertiary/aromatic N) is 1. The van der Waals surface area contributed by atoms with Gasteiger partial charge in [0.1, 0.15) is 5.82 Å². The maximum atomic E-state index is 13.1. The van der Waals surface area contributed by atoms with Gasteiger partial charge in [-0.15, -0.1) is 0 Å². The van der Waals surface area contributed by atoms with Crippen molar-refractivity contribution in [2.45, 2.75) is 0 Å². The highest BCUT2D eigenvalue weighted by Crippen LogP contribution is 2.21.